The van der Waals surface area contributed by atoms with E-state index in [1.54, 1.807) is 6.20 Å². The fourth-order valence-corrected chi connectivity index (χ4v) is 2.88. The second kappa shape index (κ2) is 7.50. The number of H-pyrrole nitrogens is 1. The summed E-state index contributed by atoms with van der Waals surface area (Å²) in [6, 6.07) is 2.35. The van der Waals surface area contributed by atoms with E-state index in [9.17, 15) is 8.78 Å². The standard InChI is InChI=1S/C17H20F2N6/c1-11-4-2-3-7-25(11)16-8-13(22-10-23-16)14-9-21-15(24-14)6-5-12(20)17(18)19/h5-6,8-11,17,20H,2-4,7H2,1H3,(H,21,24)/b6-5-,20-12?. The van der Waals surface area contributed by atoms with E-state index in [1.165, 1.54) is 18.8 Å². The molecule has 2 aromatic heterocycles. The Morgan fingerprint density at radius 2 is 2.20 bits per heavy atom. The van der Waals surface area contributed by atoms with Crippen molar-refractivity contribution in [2.24, 2.45) is 0 Å². The van der Waals surface area contributed by atoms with Crippen LogP contribution in [-0.2, 0) is 0 Å². The molecule has 0 radical (unpaired) electrons. The third-order valence-electron chi connectivity index (χ3n) is 4.28. The highest BCUT2D eigenvalue weighted by molar-refractivity contribution is 5.97. The fraction of sp³-hybridized carbons (Fsp3) is 0.412. The van der Waals surface area contributed by atoms with Gasteiger partial charge in [0.05, 0.1) is 23.3 Å². The number of anilines is 1. The molecule has 0 amide bonds. The van der Waals surface area contributed by atoms with E-state index in [0.717, 1.165) is 31.3 Å². The zero-order chi connectivity index (χ0) is 17.8. The van der Waals surface area contributed by atoms with Gasteiger partial charge in [-0.05, 0) is 38.3 Å². The van der Waals surface area contributed by atoms with Crippen LogP contribution in [-0.4, -0.2) is 44.7 Å². The summed E-state index contributed by atoms with van der Waals surface area (Å²) in [7, 11) is 0. The third-order valence-corrected chi connectivity index (χ3v) is 4.28. The molecule has 0 aromatic carbocycles. The Bertz CT molecular complexity index is 770. The predicted molar refractivity (Wildman–Crippen MR) is 93.0 cm³/mol. The van der Waals surface area contributed by atoms with Crippen LogP contribution in [0.4, 0.5) is 14.6 Å². The average molecular weight is 346 g/mol. The summed E-state index contributed by atoms with van der Waals surface area (Å²) < 4.78 is 24.7. The molecule has 0 spiro atoms. The predicted octanol–water partition coefficient (Wildman–Crippen LogP) is 3.54. The van der Waals surface area contributed by atoms with Crippen molar-refractivity contribution in [3.63, 3.8) is 0 Å². The second-order valence-corrected chi connectivity index (χ2v) is 6.07. The Balaban J connectivity index is 1.79. The normalized spacial score (nSPS) is 18.2. The Morgan fingerprint density at radius 1 is 1.36 bits per heavy atom. The Kier molecular flexibility index (Phi) is 5.16. The van der Waals surface area contributed by atoms with Gasteiger partial charge in [-0.25, -0.2) is 23.7 Å². The molecule has 0 saturated carbocycles. The van der Waals surface area contributed by atoms with Gasteiger partial charge in [0, 0.05) is 18.7 Å². The molecule has 2 aromatic rings. The molecule has 1 aliphatic rings. The number of nitrogens with zero attached hydrogens (tertiary/aromatic N) is 4. The summed E-state index contributed by atoms with van der Waals surface area (Å²) in [5.41, 5.74) is 0.622. The number of imidazole rings is 1. The van der Waals surface area contributed by atoms with Gasteiger partial charge in [0.2, 0.25) is 0 Å². The lowest BCUT2D eigenvalue weighted by Gasteiger charge is -2.34. The van der Waals surface area contributed by atoms with Crippen molar-refractivity contribution in [2.75, 3.05) is 11.4 Å². The van der Waals surface area contributed by atoms with Crippen LogP contribution in [0.5, 0.6) is 0 Å². The molecule has 1 fully saturated rings. The third kappa shape index (κ3) is 4.07. The molecule has 2 N–H and O–H groups in total. The topological polar surface area (TPSA) is 81.5 Å². The van der Waals surface area contributed by atoms with Crippen LogP contribution in [0.3, 0.4) is 0 Å². The van der Waals surface area contributed by atoms with Gasteiger partial charge in [0.1, 0.15) is 18.0 Å². The molecule has 1 aliphatic heterocycles. The van der Waals surface area contributed by atoms with Crippen molar-refractivity contribution in [3.05, 3.63) is 30.5 Å². The number of allylic oxidation sites excluding steroid dienone is 1. The summed E-state index contributed by atoms with van der Waals surface area (Å²) in [5, 5.41) is 7.12. The van der Waals surface area contributed by atoms with Crippen LogP contribution in [0, 0.1) is 5.41 Å². The molecule has 132 valence electrons. The largest absolute Gasteiger partial charge is 0.354 e. The van der Waals surface area contributed by atoms with Gasteiger partial charge in [0.25, 0.3) is 6.43 Å². The lowest BCUT2D eigenvalue weighted by Crippen LogP contribution is -2.38. The van der Waals surface area contributed by atoms with Gasteiger partial charge >= 0.3 is 0 Å². The Labute approximate surface area is 144 Å². The van der Waals surface area contributed by atoms with Crippen molar-refractivity contribution in [1.82, 2.24) is 19.9 Å². The zero-order valence-electron chi connectivity index (χ0n) is 13.9. The molecule has 8 heteroatoms. The van der Waals surface area contributed by atoms with Crippen molar-refractivity contribution < 1.29 is 8.78 Å². The van der Waals surface area contributed by atoms with E-state index in [0.29, 0.717) is 23.3 Å². The summed E-state index contributed by atoms with van der Waals surface area (Å²) >= 11 is 0. The van der Waals surface area contributed by atoms with Gasteiger partial charge in [-0.15, -0.1) is 0 Å². The highest BCUT2D eigenvalue weighted by atomic mass is 19.3. The number of hydrogen-bond donors (Lipinski definition) is 2. The SMILES string of the molecule is CC1CCCCN1c1cc(-c2cnc(/C=C\C(=N)C(F)F)[nH]2)ncn1. The quantitative estimate of drug-likeness (QED) is 0.811. The molecule has 6 nitrogen and oxygen atoms in total. The summed E-state index contributed by atoms with van der Waals surface area (Å²) in [4.78, 5) is 18.1. The molecule has 3 heterocycles. The van der Waals surface area contributed by atoms with Gasteiger partial charge in [0.15, 0.2) is 0 Å². The maximum atomic E-state index is 12.3. The van der Waals surface area contributed by atoms with Crippen molar-refractivity contribution in [3.8, 4) is 11.4 Å². The van der Waals surface area contributed by atoms with Gasteiger partial charge < -0.3 is 9.88 Å². The minimum atomic E-state index is -2.79. The monoisotopic (exact) mass is 346 g/mol. The van der Waals surface area contributed by atoms with E-state index in [-0.39, 0.29) is 0 Å². The number of hydrogen-bond acceptors (Lipinski definition) is 5. The number of rotatable bonds is 5. The molecule has 0 aliphatic carbocycles. The van der Waals surface area contributed by atoms with Crippen LogP contribution in [0.1, 0.15) is 32.0 Å². The first kappa shape index (κ1) is 17.2. The number of aromatic nitrogens is 4. The summed E-state index contributed by atoms with van der Waals surface area (Å²) in [6.45, 7) is 3.17. The molecule has 1 unspecified atom stereocenters. The second-order valence-electron chi connectivity index (χ2n) is 6.07. The van der Waals surface area contributed by atoms with E-state index in [2.05, 4.69) is 31.8 Å². The number of nitrogens with one attached hydrogen (secondary N) is 2. The summed E-state index contributed by atoms with van der Waals surface area (Å²) in [5.74, 6) is 1.27. The van der Waals surface area contributed by atoms with Crippen molar-refractivity contribution >= 4 is 17.6 Å². The summed E-state index contributed by atoms with van der Waals surface area (Å²) in [6.07, 6.45) is 6.25. The molecular weight excluding hydrogens is 326 g/mol. The lowest BCUT2D eigenvalue weighted by molar-refractivity contribution is 0.226. The maximum absolute atomic E-state index is 12.3. The molecule has 25 heavy (non-hydrogen) atoms. The van der Waals surface area contributed by atoms with Crippen molar-refractivity contribution in [2.45, 2.75) is 38.7 Å². The minimum Gasteiger partial charge on any atom is -0.354 e. The fourth-order valence-electron chi connectivity index (χ4n) is 2.88. The lowest BCUT2D eigenvalue weighted by atomic mass is 10.0. The molecular formula is C17H20F2N6. The Morgan fingerprint density at radius 3 is 2.96 bits per heavy atom. The van der Waals surface area contributed by atoms with Crippen LogP contribution in [0.15, 0.2) is 24.7 Å². The molecule has 0 bridgehead atoms. The number of aromatic amines is 1. The van der Waals surface area contributed by atoms with E-state index in [4.69, 9.17) is 5.41 Å². The zero-order valence-corrected chi connectivity index (χ0v) is 13.9. The van der Waals surface area contributed by atoms with E-state index in [1.807, 2.05) is 6.07 Å². The average Bonchev–Trinajstić information content (AvgIpc) is 3.09. The van der Waals surface area contributed by atoms with Crippen molar-refractivity contribution in [1.29, 1.82) is 5.41 Å². The smallest absolute Gasteiger partial charge is 0.279 e. The van der Waals surface area contributed by atoms with Crippen LogP contribution < -0.4 is 4.90 Å². The van der Waals surface area contributed by atoms with Crippen LogP contribution in [0.2, 0.25) is 0 Å². The van der Waals surface area contributed by atoms with Gasteiger partial charge in [-0.2, -0.15) is 0 Å². The number of alkyl halides is 2. The molecule has 3 rings (SSSR count). The highest BCUT2D eigenvalue weighted by Gasteiger charge is 2.20. The number of halogens is 2. The van der Waals surface area contributed by atoms with E-state index >= 15 is 0 Å². The minimum absolute atomic E-state index is 0.395. The molecule has 1 atom stereocenters. The van der Waals surface area contributed by atoms with Gasteiger partial charge in [-0.1, -0.05) is 0 Å². The van der Waals surface area contributed by atoms with E-state index < -0.39 is 12.1 Å². The molecule has 1 saturated heterocycles. The first-order chi connectivity index (χ1) is 12.0. The Hall–Kier alpha value is -2.64. The highest BCUT2D eigenvalue weighted by Crippen LogP contribution is 2.25. The maximum Gasteiger partial charge on any atom is 0.279 e. The van der Waals surface area contributed by atoms with Gasteiger partial charge in [-0.3, -0.25) is 5.41 Å². The van der Waals surface area contributed by atoms with Crippen LogP contribution in [0.25, 0.3) is 17.5 Å². The first-order valence-corrected chi connectivity index (χ1v) is 8.23. The number of piperidine rings is 1. The van der Waals surface area contributed by atoms with Crippen LogP contribution >= 0.6 is 0 Å². The first-order valence-electron chi connectivity index (χ1n) is 8.23.